The van der Waals surface area contributed by atoms with E-state index in [1.165, 1.54) is 12.1 Å². The summed E-state index contributed by atoms with van der Waals surface area (Å²) in [4.78, 5) is 23.4. The van der Waals surface area contributed by atoms with Gasteiger partial charge < -0.3 is 9.84 Å². The third kappa shape index (κ3) is 1.92. The molecule has 2 aliphatic rings. The molecule has 1 N–H and O–H groups in total. The number of hydrogen-bond donors (Lipinski definition) is 1. The number of ether oxygens (including phenoxy) is 1. The molecule has 0 spiro atoms. The second-order valence-electron chi connectivity index (χ2n) is 5.74. The molecule has 0 unspecified atom stereocenters. The van der Waals surface area contributed by atoms with Crippen molar-refractivity contribution in [3.8, 4) is 0 Å². The van der Waals surface area contributed by atoms with E-state index in [1.807, 2.05) is 0 Å². The molecule has 104 valence electrons. The van der Waals surface area contributed by atoms with E-state index in [0.29, 0.717) is 0 Å². The average molecular weight is 272 g/mol. The molecule has 1 saturated carbocycles. The third-order valence-corrected chi connectivity index (χ3v) is 4.39. The highest BCUT2D eigenvalue weighted by Crippen LogP contribution is 2.50. The zero-order chi connectivity index (χ0) is 14.3. The van der Waals surface area contributed by atoms with Crippen LogP contribution in [0.25, 0.3) is 0 Å². The summed E-state index contributed by atoms with van der Waals surface area (Å²) < 4.78 is 5.61. The van der Waals surface area contributed by atoms with Gasteiger partial charge in [-0.3, -0.25) is 0 Å². The lowest BCUT2D eigenvalue weighted by atomic mass is 9.89. The number of hydrogen-bond acceptors (Lipinski definition) is 3. The van der Waals surface area contributed by atoms with E-state index in [4.69, 9.17) is 9.84 Å². The quantitative estimate of drug-likeness (QED) is 0.678. The molecular weight excluding hydrogens is 256 g/mol. The Kier molecular flexibility index (Phi) is 2.89. The van der Waals surface area contributed by atoms with Gasteiger partial charge in [0, 0.05) is 11.3 Å². The van der Waals surface area contributed by atoms with E-state index >= 15 is 0 Å². The molecule has 3 atom stereocenters. The highest BCUT2D eigenvalue weighted by molar-refractivity contribution is 6.02. The molecule has 20 heavy (non-hydrogen) atoms. The minimum atomic E-state index is -1.11. The van der Waals surface area contributed by atoms with E-state index in [-0.39, 0.29) is 28.6 Å². The van der Waals surface area contributed by atoms with Crippen LogP contribution in [-0.4, -0.2) is 23.1 Å². The van der Waals surface area contributed by atoms with Gasteiger partial charge in [-0.1, -0.05) is 31.2 Å². The molecule has 1 aromatic carbocycles. The fourth-order valence-corrected chi connectivity index (χ4v) is 3.23. The van der Waals surface area contributed by atoms with Crippen LogP contribution < -0.4 is 0 Å². The van der Waals surface area contributed by atoms with Crippen molar-refractivity contribution in [1.82, 2.24) is 0 Å². The number of rotatable bonds is 3. The van der Waals surface area contributed by atoms with Crippen molar-refractivity contribution in [3.63, 3.8) is 0 Å². The van der Waals surface area contributed by atoms with Gasteiger partial charge in [0.25, 0.3) is 0 Å². The van der Waals surface area contributed by atoms with Gasteiger partial charge in [-0.25, -0.2) is 9.59 Å². The summed E-state index contributed by atoms with van der Waals surface area (Å²) in [6, 6.07) is 6.16. The highest BCUT2D eigenvalue weighted by atomic mass is 16.5. The number of carbonyl (C=O) groups excluding carboxylic acids is 1. The lowest BCUT2D eigenvalue weighted by Gasteiger charge is -2.25. The first-order valence-corrected chi connectivity index (χ1v) is 6.74. The predicted molar refractivity (Wildman–Crippen MR) is 72.6 cm³/mol. The Bertz CT molecular complexity index is 604. The Labute approximate surface area is 117 Å². The monoisotopic (exact) mass is 272 g/mol. The van der Waals surface area contributed by atoms with Gasteiger partial charge in [-0.15, -0.1) is 0 Å². The van der Waals surface area contributed by atoms with Crippen molar-refractivity contribution in [2.75, 3.05) is 0 Å². The smallest absolute Gasteiger partial charge is 0.339 e. The number of carbonyl (C=O) groups is 2. The van der Waals surface area contributed by atoms with Crippen LogP contribution in [-0.2, 0) is 4.74 Å². The number of esters is 1. The van der Waals surface area contributed by atoms with Crippen molar-refractivity contribution in [2.45, 2.75) is 25.9 Å². The van der Waals surface area contributed by atoms with Crippen LogP contribution in [0.3, 0.4) is 0 Å². The topological polar surface area (TPSA) is 63.6 Å². The van der Waals surface area contributed by atoms with Gasteiger partial charge in [-0.2, -0.15) is 0 Å². The highest BCUT2D eigenvalue weighted by Gasteiger charge is 2.49. The Morgan fingerprint density at radius 2 is 2.00 bits per heavy atom. The second kappa shape index (κ2) is 4.47. The zero-order valence-electron chi connectivity index (χ0n) is 11.2. The molecule has 4 heteroatoms. The van der Waals surface area contributed by atoms with Crippen LogP contribution >= 0.6 is 0 Å². The summed E-state index contributed by atoms with van der Waals surface area (Å²) in [5, 5.41) is 9.12. The van der Waals surface area contributed by atoms with Gasteiger partial charge >= 0.3 is 11.9 Å². The minimum absolute atomic E-state index is 0.0130. The number of aromatic carboxylic acids is 1. The van der Waals surface area contributed by atoms with Crippen LogP contribution in [0.1, 0.15) is 40.5 Å². The van der Waals surface area contributed by atoms with Crippen LogP contribution in [0.5, 0.6) is 0 Å². The maximum atomic E-state index is 12.3. The van der Waals surface area contributed by atoms with Crippen molar-refractivity contribution < 1.29 is 19.4 Å². The molecular formula is C16H16O4. The minimum Gasteiger partial charge on any atom is -0.478 e. The lowest BCUT2D eigenvalue weighted by Crippen LogP contribution is -2.30. The standard InChI is InChI=1S/C16H16O4/c1-16-8-6-10(7-9-16)13(16)20-15(19)12-5-3-2-4-11(12)14(17)18/h2-6,8,10,13H,7,9H2,1H3,(H,17,18)/t10-,13+,16+/m1/s1. The normalized spacial score (nSPS) is 30.4. The SMILES string of the molecule is C[C@]12C=C[C@H](CC1)[C@@H]2OC(=O)c1ccccc1C(=O)O. The first-order chi connectivity index (χ1) is 9.51. The fourth-order valence-electron chi connectivity index (χ4n) is 3.23. The molecule has 0 saturated heterocycles. The third-order valence-electron chi connectivity index (χ3n) is 4.39. The summed E-state index contributed by atoms with van der Waals surface area (Å²) in [6.07, 6.45) is 6.07. The molecule has 0 heterocycles. The van der Waals surface area contributed by atoms with Gasteiger partial charge in [0.2, 0.25) is 0 Å². The van der Waals surface area contributed by atoms with Crippen LogP contribution in [0.15, 0.2) is 36.4 Å². The molecule has 2 bridgehead atoms. The molecule has 1 aromatic rings. The molecule has 0 radical (unpaired) electrons. The van der Waals surface area contributed by atoms with Crippen LogP contribution in [0.4, 0.5) is 0 Å². The van der Waals surface area contributed by atoms with E-state index < -0.39 is 11.9 Å². The molecule has 2 aliphatic carbocycles. The molecule has 3 rings (SSSR count). The van der Waals surface area contributed by atoms with Gasteiger partial charge in [0.15, 0.2) is 0 Å². The Balaban J connectivity index is 1.83. The summed E-state index contributed by atoms with van der Waals surface area (Å²) in [7, 11) is 0. The molecule has 0 aliphatic heterocycles. The van der Waals surface area contributed by atoms with Crippen LogP contribution in [0, 0.1) is 11.3 Å². The summed E-state index contributed by atoms with van der Waals surface area (Å²) >= 11 is 0. The largest absolute Gasteiger partial charge is 0.478 e. The van der Waals surface area contributed by atoms with Crippen molar-refractivity contribution in [2.24, 2.45) is 11.3 Å². The van der Waals surface area contributed by atoms with E-state index in [9.17, 15) is 9.59 Å². The summed E-state index contributed by atoms with van der Waals surface area (Å²) in [5.41, 5.74) is 0.00856. The van der Waals surface area contributed by atoms with Crippen LogP contribution in [0.2, 0.25) is 0 Å². The predicted octanol–water partition coefficient (Wildman–Crippen LogP) is 2.90. The fraction of sp³-hybridized carbons (Fsp3) is 0.375. The molecule has 1 fully saturated rings. The average Bonchev–Trinajstić information content (AvgIpc) is 2.91. The first-order valence-electron chi connectivity index (χ1n) is 6.74. The number of carboxylic acids is 1. The van der Waals surface area contributed by atoms with E-state index in [0.717, 1.165) is 12.8 Å². The van der Waals surface area contributed by atoms with E-state index in [1.54, 1.807) is 12.1 Å². The maximum Gasteiger partial charge on any atom is 0.339 e. The molecule has 0 amide bonds. The lowest BCUT2D eigenvalue weighted by molar-refractivity contribution is 0.00653. The van der Waals surface area contributed by atoms with E-state index in [2.05, 4.69) is 19.1 Å². The van der Waals surface area contributed by atoms with Gasteiger partial charge in [-0.05, 0) is 25.0 Å². The Morgan fingerprint density at radius 3 is 2.50 bits per heavy atom. The number of benzene rings is 1. The molecule has 0 aromatic heterocycles. The number of fused-ring (bicyclic) bond motifs is 2. The Hall–Kier alpha value is -2.10. The first kappa shape index (κ1) is 12.9. The second-order valence-corrected chi connectivity index (χ2v) is 5.74. The molecule has 4 nitrogen and oxygen atoms in total. The van der Waals surface area contributed by atoms with Crippen molar-refractivity contribution in [3.05, 3.63) is 47.5 Å². The summed E-state index contributed by atoms with van der Waals surface area (Å²) in [5.74, 6) is -1.40. The summed E-state index contributed by atoms with van der Waals surface area (Å²) in [6.45, 7) is 2.08. The maximum absolute atomic E-state index is 12.3. The number of carboxylic acid groups (broad SMARTS) is 1. The van der Waals surface area contributed by atoms with Crippen molar-refractivity contribution in [1.29, 1.82) is 0 Å². The van der Waals surface area contributed by atoms with Gasteiger partial charge in [0.05, 0.1) is 11.1 Å². The zero-order valence-corrected chi connectivity index (χ0v) is 11.2. The van der Waals surface area contributed by atoms with Gasteiger partial charge in [0.1, 0.15) is 6.10 Å². The van der Waals surface area contributed by atoms with Crippen molar-refractivity contribution >= 4 is 11.9 Å². The Morgan fingerprint density at radius 1 is 1.30 bits per heavy atom.